The van der Waals surface area contributed by atoms with Crippen LogP contribution in [0.1, 0.15) is 43.6 Å². The highest BCUT2D eigenvalue weighted by atomic mass is 19.1. The molecule has 1 aromatic heterocycles. The SMILES string of the molecule is CCCCC(NCc1nncn1C)c1ccc(F)cc1. The van der Waals surface area contributed by atoms with Gasteiger partial charge in [0.15, 0.2) is 0 Å². The minimum Gasteiger partial charge on any atom is -0.320 e. The zero-order valence-electron chi connectivity index (χ0n) is 12.0. The molecule has 0 bridgehead atoms. The van der Waals surface area contributed by atoms with Crippen LogP contribution in [-0.4, -0.2) is 14.8 Å². The van der Waals surface area contributed by atoms with Crippen LogP contribution in [0.3, 0.4) is 0 Å². The molecule has 1 atom stereocenters. The summed E-state index contributed by atoms with van der Waals surface area (Å²) in [4.78, 5) is 0. The van der Waals surface area contributed by atoms with Gasteiger partial charge in [0.25, 0.3) is 0 Å². The number of nitrogens with one attached hydrogen (secondary N) is 1. The Bertz CT molecular complexity index is 521. The van der Waals surface area contributed by atoms with E-state index in [0.29, 0.717) is 6.54 Å². The Kier molecular flexibility index (Phi) is 5.24. The van der Waals surface area contributed by atoms with Gasteiger partial charge in [-0.1, -0.05) is 31.9 Å². The summed E-state index contributed by atoms with van der Waals surface area (Å²) in [5.74, 6) is 0.699. The van der Waals surface area contributed by atoms with E-state index >= 15 is 0 Å². The number of aryl methyl sites for hydroxylation is 1. The molecule has 108 valence electrons. The molecule has 1 heterocycles. The van der Waals surface area contributed by atoms with Gasteiger partial charge >= 0.3 is 0 Å². The van der Waals surface area contributed by atoms with Gasteiger partial charge in [-0.2, -0.15) is 0 Å². The number of nitrogens with zero attached hydrogens (tertiary/aromatic N) is 3. The van der Waals surface area contributed by atoms with Crippen molar-refractivity contribution >= 4 is 0 Å². The van der Waals surface area contributed by atoms with E-state index in [1.165, 1.54) is 12.1 Å². The molecule has 1 N–H and O–H groups in total. The normalized spacial score (nSPS) is 12.6. The molecular formula is C15H21FN4. The number of rotatable bonds is 7. The van der Waals surface area contributed by atoms with Crippen molar-refractivity contribution in [3.63, 3.8) is 0 Å². The molecule has 1 unspecified atom stereocenters. The lowest BCUT2D eigenvalue weighted by Gasteiger charge is -2.19. The van der Waals surface area contributed by atoms with Crippen molar-refractivity contribution in [1.82, 2.24) is 20.1 Å². The van der Waals surface area contributed by atoms with Gasteiger partial charge in [0, 0.05) is 13.1 Å². The maximum Gasteiger partial charge on any atom is 0.146 e. The molecule has 0 saturated heterocycles. The second kappa shape index (κ2) is 7.14. The van der Waals surface area contributed by atoms with Crippen molar-refractivity contribution in [3.05, 3.63) is 47.8 Å². The summed E-state index contributed by atoms with van der Waals surface area (Å²) in [6.45, 7) is 2.83. The fourth-order valence-electron chi connectivity index (χ4n) is 2.17. The van der Waals surface area contributed by atoms with E-state index < -0.39 is 0 Å². The van der Waals surface area contributed by atoms with Gasteiger partial charge in [0.1, 0.15) is 18.0 Å². The summed E-state index contributed by atoms with van der Waals surface area (Å²) < 4.78 is 14.9. The summed E-state index contributed by atoms with van der Waals surface area (Å²) in [5.41, 5.74) is 1.11. The number of hydrogen-bond donors (Lipinski definition) is 1. The van der Waals surface area contributed by atoms with Crippen molar-refractivity contribution in [1.29, 1.82) is 0 Å². The number of halogens is 1. The molecule has 4 nitrogen and oxygen atoms in total. The molecule has 0 radical (unpaired) electrons. The number of unbranched alkanes of at least 4 members (excludes halogenated alkanes) is 1. The molecule has 0 aliphatic carbocycles. The third kappa shape index (κ3) is 3.87. The molecule has 0 fully saturated rings. The zero-order chi connectivity index (χ0) is 14.4. The van der Waals surface area contributed by atoms with Gasteiger partial charge in [0.2, 0.25) is 0 Å². The first-order valence-corrected chi connectivity index (χ1v) is 7.02. The molecule has 0 saturated carbocycles. The monoisotopic (exact) mass is 276 g/mol. The first kappa shape index (κ1) is 14.7. The van der Waals surface area contributed by atoms with Gasteiger partial charge < -0.3 is 9.88 Å². The van der Waals surface area contributed by atoms with Crippen LogP contribution in [0.2, 0.25) is 0 Å². The summed E-state index contributed by atoms with van der Waals surface area (Å²) in [6.07, 6.45) is 4.99. The first-order valence-electron chi connectivity index (χ1n) is 7.02. The first-order chi connectivity index (χ1) is 9.70. The molecule has 0 amide bonds. The van der Waals surface area contributed by atoms with Gasteiger partial charge in [-0.3, -0.25) is 0 Å². The average molecular weight is 276 g/mol. The summed E-state index contributed by atoms with van der Waals surface area (Å²) in [6, 6.07) is 6.93. The lowest BCUT2D eigenvalue weighted by atomic mass is 10.0. The maximum atomic E-state index is 13.0. The van der Waals surface area contributed by atoms with Crippen molar-refractivity contribution in [3.8, 4) is 0 Å². The Labute approximate surface area is 119 Å². The Morgan fingerprint density at radius 1 is 1.30 bits per heavy atom. The van der Waals surface area contributed by atoms with Crippen molar-refractivity contribution < 1.29 is 4.39 Å². The summed E-state index contributed by atoms with van der Waals surface area (Å²) >= 11 is 0. The van der Waals surface area contributed by atoms with Crippen molar-refractivity contribution in [2.24, 2.45) is 7.05 Å². The van der Waals surface area contributed by atoms with Crippen LogP contribution in [0.5, 0.6) is 0 Å². The van der Waals surface area contributed by atoms with Gasteiger partial charge in [-0.05, 0) is 24.1 Å². The van der Waals surface area contributed by atoms with Gasteiger partial charge in [-0.25, -0.2) is 4.39 Å². The van der Waals surface area contributed by atoms with Crippen LogP contribution in [0.25, 0.3) is 0 Å². The number of aromatic nitrogens is 3. The van der Waals surface area contributed by atoms with E-state index in [9.17, 15) is 4.39 Å². The molecule has 20 heavy (non-hydrogen) atoms. The Balaban J connectivity index is 2.03. The average Bonchev–Trinajstić information content (AvgIpc) is 2.86. The van der Waals surface area contributed by atoms with E-state index in [1.54, 1.807) is 6.33 Å². The Morgan fingerprint density at radius 3 is 2.65 bits per heavy atom. The fraction of sp³-hybridized carbons (Fsp3) is 0.467. The highest BCUT2D eigenvalue weighted by molar-refractivity contribution is 5.20. The Hall–Kier alpha value is -1.75. The molecular weight excluding hydrogens is 255 g/mol. The minimum absolute atomic E-state index is 0.198. The molecule has 0 aliphatic rings. The smallest absolute Gasteiger partial charge is 0.146 e. The fourth-order valence-corrected chi connectivity index (χ4v) is 2.17. The van der Waals surface area contributed by atoms with E-state index in [1.807, 2.05) is 23.7 Å². The van der Waals surface area contributed by atoms with Crippen molar-refractivity contribution in [2.45, 2.75) is 38.8 Å². The van der Waals surface area contributed by atoms with Crippen LogP contribution in [0, 0.1) is 5.82 Å². The summed E-state index contributed by atoms with van der Waals surface area (Å²) in [7, 11) is 1.93. The maximum absolute atomic E-state index is 13.0. The van der Waals surface area contributed by atoms with E-state index in [-0.39, 0.29) is 11.9 Å². The standard InChI is InChI=1S/C15H21FN4/c1-3-4-5-14(12-6-8-13(16)9-7-12)17-10-15-19-18-11-20(15)2/h6-9,11,14,17H,3-5,10H2,1-2H3. The van der Waals surface area contributed by atoms with Crippen LogP contribution < -0.4 is 5.32 Å². The minimum atomic E-state index is -0.198. The summed E-state index contributed by atoms with van der Waals surface area (Å²) in [5, 5.41) is 11.4. The highest BCUT2D eigenvalue weighted by Gasteiger charge is 2.12. The molecule has 5 heteroatoms. The molecule has 0 aliphatic heterocycles. The molecule has 2 rings (SSSR count). The van der Waals surface area contributed by atoms with Crippen LogP contribution in [0.15, 0.2) is 30.6 Å². The Morgan fingerprint density at radius 2 is 2.05 bits per heavy atom. The predicted molar refractivity (Wildman–Crippen MR) is 76.5 cm³/mol. The zero-order valence-corrected chi connectivity index (χ0v) is 12.0. The molecule has 1 aromatic carbocycles. The van der Waals surface area contributed by atoms with E-state index in [0.717, 1.165) is 30.7 Å². The lowest BCUT2D eigenvalue weighted by molar-refractivity contribution is 0.468. The number of hydrogen-bond acceptors (Lipinski definition) is 3. The number of benzene rings is 1. The molecule has 0 spiro atoms. The van der Waals surface area contributed by atoms with Gasteiger partial charge in [-0.15, -0.1) is 10.2 Å². The van der Waals surface area contributed by atoms with Crippen LogP contribution in [-0.2, 0) is 13.6 Å². The van der Waals surface area contributed by atoms with Crippen LogP contribution >= 0.6 is 0 Å². The van der Waals surface area contributed by atoms with Crippen LogP contribution in [0.4, 0.5) is 4.39 Å². The largest absolute Gasteiger partial charge is 0.320 e. The lowest BCUT2D eigenvalue weighted by Crippen LogP contribution is -2.22. The van der Waals surface area contributed by atoms with E-state index in [2.05, 4.69) is 22.4 Å². The third-order valence-corrected chi connectivity index (χ3v) is 3.43. The predicted octanol–water partition coefficient (Wildman–Crippen LogP) is 2.98. The quantitative estimate of drug-likeness (QED) is 0.845. The highest BCUT2D eigenvalue weighted by Crippen LogP contribution is 2.20. The van der Waals surface area contributed by atoms with E-state index in [4.69, 9.17) is 0 Å². The second-order valence-corrected chi connectivity index (χ2v) is 4.99. The second-order valence-electron chi connectivity index (χ2n) is 4.99. The molecule has 2 aromatic rings. The van der Waals surface area contributed by atoms with Crippen molar-refractivity contribution in [2.75, 3.05) is 0 Å². The van der Waals surface area contributed by atoms with Gasteiger partial charge in [0.05, 0.1) is 6.54 Å². The topological polar surface area (TPSA) is 42.7 Å². The third-order valence-electron chi connectivity index (χ3n) is 3.43.